The number of aromatic nitrogens is 4. The molecule has 2 aromatic heterocycles. The van der Waals surface area contributed by atoms with Gasteiger partial charge in [-0.1, -0.05) is 0 Å². The Hall–Kier alpha value is -1.78. The number of rotatable bonds is 0. The van der Waals surface area contributed by atoms with Gasteiger partial charge < -0.3 is 4.98 Å². The molecule has 0 saturated heterocycles. The number of aryl methyl sites for hydroxylation is 3. The third-order valence-corrected chi connectivity index (χ3v) is 2.15. The number of H-pyrrole nitrogens is 1. The van der Waals surface area contributed by atoms with Gasteiger partial charge in [0.15, 0.2) is 5.65 Å². The zero-order chi connectivity index (χ0) is 10.3. The van der Waals surface area contributed by atoms with Crippen LogP contribution in [0.2, 0.25) is 0 Å². The number of nitrogens with zero attached hydrogens (tertiary/aromatic N) is 3. The minimum atomic E-state index is -0.382. The lowest BCUT2D eigenvalue weighted by molar-refractivity contribution is 1.00. The summed E-state index contributed by atoms with van der Waals surface area (Å²) >= 11 is 0. The lowest BCUT2D eigenvalue weighted by atomic mass is 10.3. The molecule has 5 nitrogen and oxygen atoms in total. The van der Waals surface area contributed by atoms with E-state index >= 15 is 0 Å². The van der Waals surface area contributed by atoms with Crippen molar-refractivity contribution in [1.29, 1.82) is 0 Å². The second kappa shape index (κ2) is 2.87. The number of fused-ring (bicyclic) bond motifs is 1. The van der Waals surface area contributed by atoms with E-state index in [0.29, 0.717) is 16.9 Å². The fourth-order valence-corrected chi connectivity index (χ4v) is 1.26. The first kappa shape index (κ1) is 8.80. The Kier molecular flexibility index (Phi) is 1.80. The van der Waals surface area contributed by atoms with Gasteiger partial charge in [-0.3, -0.25) is 0 Å². The first-order valence-corrected chi connectivity index (χ1v) is 4.30. The minimum absolute atomic E-state index is 0.382. The van der Waals surface area contributed by atoms with Gasteiger partial charge in [0.05, 0.1) is 11.4 Å². The van der Waals surface area contributed by atoms with Crippen molar-refractivity contribution in [2.45, 2.75) is 20.8 Å². The van der Waals surface area contributed by atoms with Gasteiger partial charge in [0.2, 0.25) is 0 Å². The lowest BCUT2D eigenvalue weighted by Gasteiger charge is -2.02. The Labute approximate surface area is 80.2 Å². The molecule has 0 bridgehead atoms. The maximum atomic E-state index is 11.1. The van der Waals surface area contributed by atoms with E-state index in [9.17, 15) is 4.79 Å². The largest absolute Gasteiger partial charge is 0.347 e. The van der Waals surface area contributed by atoms with E-state index in [2.05, 4.69) is 19.9 Å². The summed E-state index contributed by atoms with van der Waals surface area (Å²) in [5.74, 6) is 0. The van der Waals surface area contributed by atoms with Gasteiger partial charge in [0, 0.05) is 5.69 Å². The molecule has 14 heavy (non-hydrogen) atoms. The molecular weight excluding hydrogens is 180 g/mol. The molecule has 0 unspecified atom stereocenters. The fraction of sp³-hybridized carbons (Fsp3) is 0.333. The monoisotopic (exact) mass is 190 g/mol. The zero-order valence-corrected chi connectivity index (χ0v) is 8.25. The Morgan fingerprint density at radius 2 is 1.64 bits per heavy atom. The molecule has 0 aliphatic heterocycles. The van der Waals surface area contributed by atoms with Crippen LogP contribution in [0.1, 0.15) is 17.1 Å². The van der Waals surface area contributed by atoms with Crippen molar-refractivity contribution < 1.29 is 0 Å². The standard InChI is InChI=1S/C9H10N4O/c1-4-5(2)11-8-7(10-4)6(3)12-9(14)13-8/h1-3H3,(H,11,12,13,14). The van der Waals surface area contributed by atoms with E-state index in [1.807, 2.05) is 13.8 Å². The molecule has 0 atom stereocenters. The van der Waals surface area contributed by atoms with Gasteiger partial charge >= 0.3 is 5.69 Å². The first-order valence-electron chi connectivity index (χ1n) is 4.30. The van der Waals surface area contributed by atoms with Crippen molar-refractivity contribution in [2.24, 2.45) is 0 Å². The quantitative estimate of drug-likeness (QED) is 0.661. The highest BCUT2D eigenvalue weighted by Crippen LogP contribution is 2.10. The Morgan fingerprint density at radius 3 is 2.36 bits per heavy atom. The maximum absolute atomic E-state index is 11.1. The average Bonchev–Trinajstić information content (AvgIpc) is 2.08. The van der Waals surface area contributed by atoms with Crippen LogP contribution in [0.5, 0.6) is 0 Å². The van der Waals surface area contributed by atoms with Crippen LogP contribution >= 0.6 is 0 Å². The van der Waals surface area contributed by atoms with Gasteiger partial charge in [0.25, 0.3) is 0 Å². The summed E-state index contributed by atoms with van der Waals surface area (Å²) in [7, 11) is 0. The van der Waals surface area contributed by atoms with Crippen molar-refractivity contribution in [3.05, 3.63) is 27.6 Å². The number of aromatic amines is 1. The molecule has 2 heterocycles. The molecule has 0 aromatic carbocycles. The number of hydrogen-bond acceptors (Lipinski definition) is 4. The van der Waals surface area contributed by atoms with Crippen molar-refractivity contribution in [2.75, 3.05) is 0 Å². The summed E-state index contributed by atoms with van der Waals surface area (Å²) in [5, 5.41) is 0. The van der Waals surface area contributed by atoms with E-state index in [0.717, 1.165) is 11.4 Å². The molecular formula is C9H10N4O. The third kappa shape index (κ3) is 1.26. The molecule has 0 radical (unpaired) electrons. The van der Waals surface area contributed by atoms with Gasteiger partial charge in [-0.2, -0.15) is 4.98 Å². The summed E-state index contributed by atoms with van der Waals surface area (Å²) < 4.78 is 0. The highest BCUT2D eigenvalue weighted by atomic mass is 16.1. The van der Waals surface area contributed by atoms with Crippen LogP contribution in [0, 0.1) is 20.8 Å². The molecule has 0 aliphatic carbocycles. The second-order valence-electron chi connectivity index (χ2n) is 3.23. The molecule has 72 valence electrons. The number of nitrogens with one attached hydrogen (secondary N) is 1. The molecule has 0 amide bonds. The van der Waals surface area contributed by atoms with Crippen molar-refractivity contribution in [1.82, 2.24) is 19.9 Å². The Bertz CT molecular complexity index is 558. The molecule has 0 spiro atoms. The molecule has 2 rings (SSSR count). The van der Waals surface area contributed by atoms with Crippen molar-refractivity contribution in [3.63, 3.8) is 0 Å². The normalized spacial score (nSPS) is 10.8. The smallest absolute Gasteiger partial charge is 0.308 e. The Morgan fingerprint density at radius 1 is 1.00 bits per heavy atom. The average molecular weight is 190 g/mol. The zero-order valence-electron chi connectivity index (χ0n) is 8.25. The van der Waals surface area contributed by atoms with E-state index in [-0.39, 0.29) is 5.69 Å². The first-order chi connectivity index (χ1) is 6.58. The summed E-state index contributed by atoms with van der Waals surface area (Å²) in [6.45, 7) is 5.52. The van der Waals surface area contributed by atoms with Gasteiger partial charge in [-0.25, -0.2) is 14.8 Å². The fourth-order valence-electron chi connectivity index (χ4n) is 1.26. The molecule has 2 aromatic rings. The van der Waals surface area contributed by atoms with Crippen LogP contribution in [0.3, 0.4) is 0 Å². The summed E-state index contributed by atoms with van der Waals surface area (Å²) in [4.78, 5) is 25.9. The molecule has 0 aliphatic rings. The molecule has 0 saturated carbocycles. The van der Waals surface area contributed by atoms with Gasteiger partial charge in [-0.05, 0) is 20.8 Å². The van der Waals surface area contributed by atoms with E-state index in [1.165, 1.54) is 0 Å². The SMILES string of the molecule is Cc1nc2nc(=O)[nH]c(C)c2nc1C. The molecule has 0 fully saturated rings. The van der Waals surface area contributed by atoms with E-state index < -0.39 is 0 Å². The minimum Gasteiger partial charge on any atom is -0.308 e. The highest BCUT2D eigenvalue weighted by molar-refractivity contribution is 5.71. The Balaban J connectivity index is 2.96. The lowest BCUT2D eigenvalue weighted by Crippen LogP contribution is -2.13. The van der Waals surface area contributed by atoms with Crippen molar-refractivity contribution >= 4 is 11.2 Å². The molecule has 1 N–H and O–H groups in total. The van der Waals surface area contributed by atoms with Crippen LogP contribution in [0.15, 0.2) is 4.79 Å². The van der Waals surface area contributed by atoms with Crippen LogP contribution in [-0.4, -0.2) is 19.9 Å². The van der Waals surface area contributed by atoms with Gasteiger partial charge in [0.1, 0.15) is 5.52 Å². The van der Waals surface area contributed by atoms with Crippen LogP contribution in [0.4, 0.5) is 0 Å². The van der Waals surface area contributed by atoms with Crippen LogP contribution in [-0.2, 0) is 0 Å². The van der Waals surface area contributed by atoms with E-state index in [4.69, 9.17) is 0 Å². The number of hydrogen-bond donors (Lipinski definition) is 1. The summed E-state index contributed by atoms with van der Waals surface area (Å²) in [5.41, 5.74) is 3.05. The van der Waals surface area contributed by atoms with Crippen molar-refractivity contribution in [3.8, 4) is 0 Å². The second-order valence-corrected chi connectivity index (χ2v) is 3.23. The van der Waals surface area contributed by atoms with Crippen LogP contribution in [0.25, 0.3) is 11.2 Å². The molecule has 5 heteroatoms. The van der Waals surface area contributed by atoms with Gasteiger partial charge in [-0.15, -0.1) is 0 Å². The van der Waals surface area contributed by atoms with E-state index in [1.54, 1.807) is 6.92 Å². The third-order valence-electron chi connectivity index (χ3n) is 2.15. The summed E-state index contributed by atoms with van der Waals surface area (Å²) in [6.07, 6.45) is 0. The highest BCUT2D eigenvalue weighted by Gasteiger charge is 2.06. The predicted molar refractivity (Wildman–Crippen MR) is 52.2 cm³/mol. The topological polar surface area (TPSA) is 71.5 Å². The maximum Gasteiger partial charge on any atom is 0.347 e. The van der Waals surface area contributed by atoms with Crippen LogP contribution < -0.4 is 5.69 Å². The summed E-state index contributed by atoms with van der Waals surface area (Å²) in [6, 6.07) is 0. The predicted octanol–water partition coefficient (Wildman–Crippen LogP) is 0.638.